The Morgan fingerprint density at radius 3 is 3.06 bits per heavy atom. The van der Waals surface area contributed by atoms with Gasteiger partial charge in [-0.2, -0.15) is 0 Å². The summed E-state index contributed by atoms with van der Waals surface area (Å²) in [5.41, 5.74) is -0.0613. The molecule has 86 valence electrons. The van der Waals surface area contributed by atoms with E-state index in [0.29, 0.717) is 12.4 Å². The quantitative estimate of drug-likeness (QED) is 0.602. The third-order valence-electron chi connectivity index (χ3n) is 2.10. The van der Waals surface area contributed by atoms with Crippen LogP contribution in [0.15, 0.2) is 17.2 Å². The number of hydrogen-bond acceptors (Lipinski definition) is 3. The van der Waals surface area contributed by atoms with Crippen molar-refractivity contribution in [2.75, 3.05) is 11.9 Å². The molecule has 0 atom stereocenters. The number of hydrogen-bond donors (Lipinski definition) is 1. The summed E-state index contributed by atoms with van der Waals surface area (Å²) in [4.78, 5) is 15.9. The van der Waals surface area contributed by atoms with Crippen LogP contribution in [0.5, 0.6) is 0 Å². The summed E-state index contributed by atoms with van der Waals surface area (Å²) >= 11 is 0. The maximum absolute atomic E-state index is 11.8. The fraction of sp³-hybridized carbons (Fsp3) is 0.500. The highest BCUT2D eigenvalue weighted by Gasteiger charge is 2.02. The van der Waals surface area contributed by atoms with Crippen LogP contribution in [0.1, 0.15) is 26.7 Å². The molecule has 1 aromatic heterocycles. The summed E-state index contributed by atoms with van der Waals surface area (Å²) in [5, 5.41) is 3.00. The molecule has 0 saturated carbocycles. The van der Waals surface area contributed by atoms with E-state index in [1.807, 2.05) is 6.92 Å². The third kappa shape index (κ3) is 3.43. The van der Waals surface area contributed by atoms with Crippen molar-refractivity contribution in [3.63, 3.8) is 0 Å². The molecule has 16 heavy (non-hydrogen) atoms. The molecule has 0 unspecified atom stereocenters. The molecule has 0 spiro atoms. The molecule has 4 nitrogen and oxygen atoms in total. The van der Waals surface area contributed by atoms with Gasteiger partial charge in [-0.05, 0) is 13.3 Å². The molecule has 0 aromatic carbocycles. The summed E-state index contributed by atoms with van der Waals surface area (Å²) in [7, 11) is 0. The first-order chi connectivity index (χ1) is 7.79. The maximum Gasteiger partial charge on any atom is 0.293 e. The van der Waals surface area contributed by atoms with Crippen molar-refractivity contribution in [1.29, 1.82) is 0 Å². The molecular weight excluding hydrogens is 202 g/mol. The molecule has 4 heteroatoms. The predicted molar refractivity (Wildman–Crippen MR) is 65.3 cm³/mol. The van der Waals surface area contributed by atoms with Crippen molar-refractivity contribution in [3.05, 3.63) is 22.7 Å². The first-order valence-electron chi connectivity index (χ1n) is 5.48. The maximum atomic E-state index is 11.8. The largest absolute Gasteiger partial charge is 0.365 e. The zero-order chi connectivity index (χ0) is 11.8. The second-order valence-electron chi connectivity index (χ2n) is 3.38. The lowest BCUT2D eigenvalue weighted by Crippen LogP contribution is -2.24. The molecule has 0 aliphatic rings. The van der Waals surface area contributed by atoms with Crippen LogP contribution < -0.4 is 10.9 Å². The monoisotopic (exact) mass is 219 g/mol. The minimum atomic E-state index is -0.0613. The predicted octanol–water partition coefficient (Wildman–Crippen LogP) is 1.48. The Morgan fingerprint density at radius 2 is 2.38 bits per heavy atom. The van der Waals surface area contributed by atoms with Crippen LogP contribution in [0.2, 0.25) is 0 Å². The van der Waals surface area contributed by atoms with E-state index in [2.05, 4.69) is 22.1 Å². The smallest absolute Gasteiger partial charge is 0.293 e. The lowest BCUT2D eigenvalue weighted by Gasteiger charge is -2.06. The number of nitrogens with zero attached hydrogens (tertiary/aromatic N) is 2. The van der Waals surface area contributed by atoms with Crippen molar-refractivity contribution in [3.8, 4) is 11.8 Å². The first-order valence-corrected chi connectivity index (χ1v) is 5.48. The van der Waals surface area contributed by atoms with Gasteiger partial charge in [0, 0.05) is 31.9 Å². The van der Waals surface area contributed by atoms with Gasteiger partial charge >= 0.3 is 0 Å². The Balaban J connectivity index is 2.68. The van der Waals surface area contributed by atoms with Gasteiger partial charge < -0.3 is 9.88 Å². The zero-order valence-electron chi connectivity index (χ0n) is 9.79. The van der Waals surface area contributed by atoms with Crippen LogP contribution in [0.3, 0.4) is 0 Å². The molecule has 1 rings (SSSR count). The van der Waals surface area contributed by atoms with E-state index >= 15 is 0 Å². The van der Waals surface area contributed by atoms with Crippen molar-refractivity contribution in [2.24, 2.45) is 0 Å². The number of anilines is 1. The van der Waals surface area contributed by atoms with E-state index in [1.54, 1.807) is 23.9 Å². The molecule has 0 radical (unpaired) electrons. The molecule has 1 heterocycles. The normalized spacial score (nSPS) is 9.38. The number of aryl methyl sites for hydroxylation is 1. The van der Waals surface area contributed by atoms with Gasteiger partial charge in [0.25, 0.3) is 5.56 Å². The van der Waals surface area contributed by atoms with Gasteiger partial charge in [0.05, 0.1) is 0 Å². The van der Waals surface area contributed by atoms with Crippen molar-refractivity contribution < 1.29 is 0 Å². The average molecular weight is 219 g/mol. The van der Waals surface area contributed by atoms with Gasteiger partial charge in [0.2, 0.25) is 0 Å². The summed E-state index contributed by atoms with van der Waals surface area (Å²) in [6, 6.07) is 0. The third-order valence-corrected chi connectivity index (χ3v) is 2.10. The van der Waals surface area contributed by atoms with E-state index < -0.39 is 0 Å². The van der Waals surface area contributed by atoms with E-state index in [1.165, 1.54) is 0 Å². The number of rotatable bonds is 5. The highest BCUT2D eigenvalue weighted by Crippen LogP contribution is 1.94. The fourth-order valence-electron chi connectivity index (χ4n) is 1.35. The van der Waals surface area contributed by atoms with Gasteiger partial charge in [-0.3, -0.25) is 4.79 Å². The van der Waals surface area contributed by atoms with Crippen LogP contribution in [0.4, 0.5) is 5.82 Å². The number of nitrogens with one attached hydrogen (secondary N) is 1. The van der Waals surface area contributed by atoms with Gasteiger partial charge in [0.1, 0.15) is 0 Å². The number of aromatic nitrogens is 2. The van der Waals surface area contributed by atoms with Gasteiger partial charge in [-0.1, -0.05) is 6.92 Å². The minimum Gasteiger partial charge on any atom is -0.365 e. The summed E-state index contributed by atoms with van der Waals surface area (Å²) < 4.78 is 1.67. The minimum absolute atomic E-state index is 0.0613. The van der Waals surface area contributed by atoms with Crippen LogP contribution in [0.25, 0.3) is 0 Å². The second-order valence-corrected chi connectivity index (χ2v) is 3.38. The molecule has 0 saturated heterocycles. The van der Waals surface area contributed by atoms with Crippen molar-refractivity contribution in [2.45, 2.75) is 33.2 Å². The first kappa shape index (κ1) is 12.3. The van der Waals surface area contributed by atoms with E-state index in [4.69, 9.17) is 0 Å². The summed E-state index contributed by atoms with van der Waals surface area (Å²) in [6.07, 6.45) is 5.01. The summed E-state index contributed by atoms with van der Waals surface area (Å²) in [6.45, 7) is 5.22. The highest BCUT2D eigenvalue weighted by atomic mass is 16.1. The highest BCUT2D eigenvalue weighted by molar-refractivity contribution is 5.30. The Labute approximate surface area is 95.7 Å². The van der Waals surface area contributed by atoms with E-state index in [0.717, 1.165) is 19.4 Å². The molecular formula is C12H17N3O. The Kier molecular flexibility index (Phi) is 5.13. The van der Waals surface area contributed by atoms with Crippen LogP contribution in [-0.2, 0) is 6.54 Å². The van der Waals surface area contributed by atoms with Crippen molar-refractivity contribution >= 4 is 5.82 Å². The molecule has 0 aliphatic heterocycles. The summed E-state index contributed by atoms with van der Waals surface area (Å²) in [5.74, 6) is 6.15. The molecule has 0 fully saturated rings. The van der Waals surface area contributed by atoms with Crippen LogP contribution >= 0.6 is 0 Å². The molecule has 0 bridgehead atoms. The zero-order valence-corrected chi connectivity index (χ0v) is 9.79. The lowest BCUT2D eigenvalue weighted by molar-refractivity contribution is 0.649. The second kappa shape index (κ2) is 6.67. The van der Waals surface area contributed by atoms with Gasteiger partial charge in [0.15, 0.2) is 5.82 Å². The molecule has 0 amide bonds. The van der Waals surface area contributed by atoms with Gasteiger partial charge in [-0.25, -0.2) is 4.98 Å². The van der Waals surface area contributed by atoms with Gasteiger partial charge in [-0.15, -0.1) is 11.8 Å². The Hall–Kier alpha value is -1.76. The standard InChI is InChI=1S/C12H17N3O/c1-3-5-6-7-13-11-12(16)15(9-4-2)10-8-14-11/h8,10H,4,6-7,9H2,1-2H3,(H,13,14). The molecule has 0 aliphatic carbocycles. The van der Waals surface area contributed by atoms with Crippen LogP contribution in [0, 0.1) is 11.8 Å². The fourth-order valence-corrected chi connectivity index (χ4v) is 1.35. The van der Waals surface area contributed by atoms with Crippen molar-refractivity contribution in [1.82, 2.24) is 9.55 Å². The SMILES string of the molecule is CC#CCCNc1nccn(CCC)c1=O. The van der Waals surface area contributed by atoms with E-state index in [9.17, 15) is 4.79 Å². The molecule has 1 aromatic rings. The van der Waals surface area contributed by atoms with E-state index in [-0.39, 0.29) is 5.56 Å². The Bertz CT molecular complexity index is 440. The Morgan fingerprint density at radius 1 is 1.56 bits per heavy atom. The molecule has 1 N–H and O–H groups in total. The van der Waals surface area contributed by atoms with Crippen LogP contribution in [-0.4, -0.2) is 16.1 Å². The average Bonchev–Trinajstić information content (AvgIpc) is 2.29. The topological polar surface area (TPSA) is 46.9 Å². The lowest BCUT2D eigenvalue weighted by atomic mass is 10.4.